The van der Waals surface area contributed by atoms with Crippen molar-refractivity contribution < 1.29 is 20.5 Å². The van der Waals surface area contributed by atoms with Crippen LogP contribution in [-0.4, -0.2) is 39.3 Å². The van der Waals surface area contributed by atoms with Crippen molar-refractivity contribution in [2.45, 2.75) is 54.1 Å². The summed E-state index contributed by atoms with van der Waals surface area (Å²) < 4.78 is 6.33. The second-order valence-electron chi connectivity index (χ2n) is 5.14. The van der Waals surface area contributed by atoms with Gasteiger partial charge in [-0.3, -0.25) is 19.1 Å². The molecule has 0 aromatic carbocycles. The number of allylic oxidation sites excluding steroid dienone is 1. The molecule has 0 radical (unpaired) electrons. The third-order valence-electron chi connectivity index (χ3n) is 2.85. The zero-order valence-electron chi connectivity index (χ0n) is 15.6. The molecule has 0 bridgehead atoms. The molecule has 0 spiro atoms. The van der Waals surface area contributed by atoms with Crippen LogP contribution in [0.4, 0.5) is 0 Å². The van der Waals surface area contributed by atoms with E-state index >= 15 is 0 Å². The third kappa shape index (κ3) is 10.1. The van der Waals surface area contributed by atoms with Gasteiger partial charge < -0.3 is 10.1 Å². The van der Waals surface area contributed by atoms with Crippen molar-refractivity contribution in [2.24, 2.45) is 5.92 Å². The molecule has 1 heterocycles. The van der Waals surface area contributed by atoms with Gasteiger partial charge >= 0.3 is 5.97 Å². The molecule has 0 saturated heterocycles. The Hall–Kier alpha value is -2.51. The molecule has 8 heteroatoms. The molecule has 142 valence electrons. The summed E-state index contributed by atoms with van der Waals surface area (Å²) in [5, 5.41) is 10.4. The zero-order chi connectivity index (χ0) is 19.2. The molecule has 1 rings (SSSR count). The first-order valence-corrected chi connectivity index (χ1v) is 8.46. The van der Waals surface area contributed by atoms with E-state index in [1.807, 2.05) is 13.8 Å². The average Bonchev–Trinajstić information content (AvgIpc) is 3.06. The lowest BCUT2D eigenvalue weighted by atomic mass is 10.1. The number of nitrogens with one attached hydrogen (secondary N) is 1. The first-order valence-electron chi connectivity index (χ1n) is 8.46. The van der Waals surface area contributed by atoms with Gasteiger partial charge in [0.25, 0.3) is 0 Å². The van der Waals surface area contributed by atoms with E-state index in [0.717, 1.165) is 0 Å². The summed E-state index contributed by atoms with van der Waals surface area (Å²) in [5.41, 5.74) is 0.561. The molecule has 0 aliphatic rings. The number of esters is 1. The quantitative estimate of drug-likeness (QED) is 0.536. The minimum atomic E-state index is -0.375. The van der Waals surface area contributed by atoms with Gasteiger partial charge in [-0.1, -0.05) is 32.9 Å². The maximum atomic E-state index is 11.6. The Balaban J connectivity index is 0. The Labute approximate surface area is 150 Å². The molecule has 25 heavy (non-hydrogen) atoms. The van der Waals surface area contributed by atoms with Gasteiger partial charge in [0.05, 0.1) is 32.3 Å². The van der Waals surface area contributed by atoms with Crippen LogP contribution in [0.25, 0.3) is 0 Å². The number of rotatable bonds is 9. The standard InChI is InChI=1S/C15H22N4O4.C2H6.H2/c1-4-23-15(22)7-8-19-10-12(17-18-19)9-16-14(21)6-5-13(20)11(2)3;1-2;/h5-6,10-11H,4,7-9H2,1-3H3,(H,16,21);1-2H3;1H/b6-5-;;. The fraction of sp³-hybridized carbons (Fsp3) is 0.588. The number of hydrogen-bond acceptors (Lipinski definition) is 6. The van der Waals surface area contributed by atoms with E-state index in [4.69, 9.17) is 4.74 Å². The topological polar surface area (TPSA) is 103 Å². The van der Waals surface area contributed by atoms with Gasteiger partial charge in [-0.15, -0.1) is 5.10 Å². The van der Waals surface area contributed by atoms with Crippen LogP contribution < -0.4 is 5.32 Å². The number of hydrogen-bond donors (Lipinski definition) is 1. The molecule has 0 unspecified atom stereocenters. The number of amides is 1. The molecule has 0 fully saturated rings. The molecule has 8 nitrogen and oxygen atoms in total. The Kier molecular flexibility index (Phi) is 11.6. The van der Waals surface area contributed by atoms with Crippen LogP contribution in [0.15, 0.2) is 18.3 Å². The number of carbonyl (C=O) groups is 3. The minimum Gasteiger partial charge on any atom is -0.466 e. The van der Waals surface area contributed by atoms with Gasteiger partial charge in [0.15, 0.2) is 5.78 Å². The summed E-state index contributed by atoms with van der Waals surface area (Å²) in [7, 11) is 0. The van der Waals surface area contributed by atoms with Gasteiger partial charge in [-0.05, 0) is 13.0 Å². The van der Waals surface area contributed by atoms with E-state index in [9.17, 15) is 14.4 Å². The Morgan fingerprint density at radius 3 is 2.60 bits per heavy atom. The van der Waals surface area contributed by atoms with E-state index in [-0.39, 0.29) is 38.0 Å². The maximum absolute atomic E-state index is 11.6. The van der Waals surface area contributed by atoms with Crippen LogP contribution in [-0.2, 0) is 32.2 Å². The molecular formula is C17H30N4O4. The van der Waals surface area contributed by atoms with Crippen LogP contribution in [0, 0.1) is 5.92 Å². The van der Waals surface area contributed by atoms with E-state index < -0.39 is 0 Å². The van der Waals surface area contributed by atoms with E-state index in [2.05, 4.69) is 15.6 Å². The molecule has 1 amide bonds. The van der Waals surface area contributed by atoms with Crippen molar-refractivity contribution in [3.05, 3.63) is 24.0 Å². The van der Waals surface area contributed by atoms with Crippen LogP contribution in [0.1, 0.15) is 48.2 Å². The first kappa shape index (κ1) is 22.5. The lowest BCUT2D eigenvalue weighted by Crippen LogP contribution is -2.21. The molecule has 0 aliphatic heterocycles. The van der Waals surface area contributed by atoms with Crippen molar-refractivity contribution in [3.63, 3.8) is 0 Å². The maximum Gasteiger partial charge on any atom is 0.307 e. The molecule has 0 aliphatic carbocycles. The van der Waals surface area contributed by atoms with Crippen molar-refractivity contribution in [3.8, 4) is 0 Å². The van der Waals surface area contributed by atoms with Crippen molar-refractivity contribution in [1.82, 2.24) is 20.3 Å². The molecular weight excluding hydrogens is 324 g/mol. The Morgan fingerprint density at radius 1 is 1.32 bits per heavy atom. The lowest BCUT2D eigenvalue weighted by molar-refractivity contribution is -0.143. The van der Waals surface area contributed by atoms with Crippen LogP contribution >= 0.6 is 0 Å². The highest BCUT2D eigenvalue weighted by atomic mass is 16.5. The summed E-state index contributed by atoms with van der Waals surface area (Å²) in [6, 6.07) is 0. The fourth-order valence-corrected chi connectivity index (χ4v) is 1.55. The lowest BCUT2D eigenvalue weighted by Gasteiger charge is -2.01. The number of aromatic nitrogens is 3. The highest BCUT2D eigenvalue weighted by molar-refractivity contribution is 5.98. The summed E-state index contributed by atoms with van der Waals surface area (Å²) >= 11 is 0. The van der Waals surface area contributed by atoms with E-state index in [0.29, 0.717) is 18.8 Å². The van der Waals surface area contributed by atoms with Gasteiger partial charge in [0.1, 0.15) is 5.69 Å². The number of ether oxygens (including phenoxy) is 1. The van der Waals surface area contributed by atoms with Crippen LogP contribution in [0.3, 0.4) is 0 Å². The van der Waals surface area contributed by atoms with Crippen molar-refractivity contribution >= 4 is 17.7 Å². The number of carbonyl (C=O) groups excluding carboxylic acids is 3. The van der Waals surface area contributed by atoms with E-state index in [1.165, 1.54) is 16.8 Å². The largest absolute Gasteiger partial charge is 0.466 e. The summed E-state index contributed by atoms with van der Waals surface area (Å²) in [4.78, 5) is 34.2. The van der Waals surface area contributed by atoms with Crippen molar-refractivity contribution in [1.29, 1.82) is 0 Å². The highest BCUT2D eigenvalue weighted by Crippen LogP contribution is 1.97. The fourth-order valence-electron chi connectivity index (χ4n) is 1.55. The SMILES string of the molecule is CC.CCOC(=O)CCn1cc(CNC(=O)/C=C\C(=O)C(C)C)nn1.[HH]. The smallest absolute Gasteiger partial charge is 0.307 e. The average molecular weight is 354 g/mol. The van der Waals surface area contributed by atoms with Gasteiger partial charge in [-0.25, -0.2) is 0 Å². The predicted octanol–water partition coefficient (Wildman–Crippen LogP) is 1.90. The van der Waals surface area contributed by atoms with Gasteiger partial charge in [-0.2, -0.15) is 0 Å². The number of nitrogens with zero attached hydrogens (tertiary/aromatic N) is 3. The van der Waals surface area contributed by atoms with Crippen LogP contribution in [0.5, 0.6) is 0 Å². The van der Waals surface area contributed by atoms with Crippen LogP contribution in [0.2, 0.25) is 0 Å². The van der Waals surface area contributed by atoms with Crippen molar-refractivity contribution in [2.75, 3.05) is 6.61 Å². The molecule has 1 N–H and O–H groups in total. The number of ketones is 1. The predicted molar refractivity (Wildman–Crippen MR) is 95.6 cm³/mol. The third-order valence-corrected chi connectivity index (χ3v) is 2.85. The monoisotopic (exact) mass is 354 g/mol. The number of aryl methyl sites for hydroxylation is 1. The Morgan fingerprint density at radius 2 is 2.00 bits per heavy atom. The van der Waals surface area contributed by atoms with E-state index in [1.54, 1.807) is 27.0 Å². The zero-order valence-corrected chi connectivity index (χ0v) is 15.6. The summed E-state index contributed by atoms with van der Waals surface area (Å²) in [6.07, 6.45) is 4.31. The minimum absolute atomic E-state index is 0. The highest BCUT2D eigenvalue weighted by Gasteiger charge is 2.07. The molecule has 0 atom stereocenters. The second-order valence-corrected chi connectivity index (χ2v) is 5.14. The second kappa shape index (κ2) is 12.9. The Bertz CT molecular complexity index is 585. The molecule has 0 saturated carbocycles. The normalized spacial score (nSPS) is 10.3. The van der Waals surface area contributed by atoms with Gasteiger partial charge in [0.2, 0.25) is 5.91 Å². The molecule has 1 aromatic rings. The summed E-state index contributed by atoms with van der Waals surface area (Å²) in [5.74, 6) is -0.915. The first-order chi connectivity index (χ1) is 11.9. The molecule has 1 aromatic heterocycles. The summed E-state index contributed by atoms with van der Waals surface area (Å²) in [6.45, 7) is 10.2. The van der Waals surface area contributed by atoms with Gasteiger partial charge in [0, 0.05) is 13.4 Å².